The van der Waals surface area contributed by atoms with Crippen molar-refractivity contribution in [3.8, 4) is 0 Å². The van der Waals surface area contributed by atoms with Crippen molar-refractivity contribution in [2.24, 2.45) is 0 Å². The second-order valence-electron chi connectivity index (χ2n) is 4.35. The third kappa shape index (κ3) is 2.69. The van der Waals surface area contributed by atoms with Crippen molar-refractivity contribution in [2.45, 2.75) is 25.1 Å². The van der Waals surface area contributed by atoms with Crippen molar-refractivity contribution in [3.63, 3.8) is 0 Å². The number of rotatable bonds is 2. The van der Waals surface area contributed by atoms with Gasteiger partial charge < -0.3 is 9.47 Å². The molecular weight excluding hydrogens is 350 g/mol. The SMILES string of the molecule is FC(F)(F)c1nnc2n1CCN(c1nc(Cl)c(CCl)s1)C2. The molecule has 0 saturated carbocycles. The van der Waals surface area contributed by atoms with Crippen LogP contribution in [0.5, 0.6) is 0 Å². The highest BCUT2D eigenvalue weighted by Gasteiger charge is 2.39. The molecule has 3 rings (SSSR count). The summed E-state index contributed by atoms with van der Waals surface area (Å²) >= 11 is 13.0. The number of alkyl halides is 4. The van der Waals surface area contributed by atoms with Crippen LogP contribution in [0.3, 0.4) is 0 Å². The molecule has 0 amide bonds. The highest BCUT2D eigenvalue weighted by Crippen LogP contribution is 2.34. The molecular formula is C10H8Cl2F3N5S. The second kappa shape index (κ2) is 5.29. The van der Waals surface area contributed by atoms with E-state index in [0.717, 1.165) is 9.44 Å². The van der Waals surface area contributed by atoms with Gasteiger partial charge in [0, 0.05) is 13.1 Å². The van der Waals surface area contributed by atoms with Crippen LogP contribution in [-0.4, -0.2) is 26.3 Å². The first-order valence-corrected chi connectivity index (χ1v) is 7.58. The number of anilines is 1. The lowest BCUT2D eigenvalue weighted by molar-refractivity contribution is -0.147. The van der Waals surface area contributed by atoms with E-state index in [4.69, 9.17) is 23.2 Å². The zero-order valence-electron chi connectivity index (χ0n) is 10.4. The van der Waals surface area contributed by atoms with E-state index in [0.29, 0.717) is 16.8 Å². The molecule has 0 aromatic carbocycles. The van der Waals surface area contributed by atoms with Gasteiger partial charge in [-0.3, -0.25) is 0 Å². The van der Waals surface area contributed by atoms with E-state index in [1.54, 1.807) is 0 Å². The molecule has 3 heterocycles. The summed E-state index contributed by atoms with van der Waals surface area (Å²) in [6, 6.07) is 0. The fourth-order valence-corrected chi connectivity index (χ4v) is 3.57. The molecule has 1 aliphatic heterocycles. The van der Waals surface area contributed by atoms with Crippen molar-refractivity contribution in [3.05, 3.63) is 21.7 Å². The topological polar surface area (TPSA) is 46.8 Å². The Labute approximate surface area is 131 Å². The smallest absolute Gasteiger partial charge is 0.339 e. The molecule has 0 atom stereocenters. The summed E-state index contributed by atoms with van der Waals surface area (Å²) in [4.78, 5) is 6.73. The lowest BCUT2D eigenvalue weighted by Crippen LogP contribution is -2.35. The second-order valence-corrected chi connectivity index (χ2v) is 6.04. The predicted molar refractivity (Wildman–Crippen MR) is 72.8 cm³/mol. The molecule has 0 unspecified atom stereocenters. The first-order valence-electron chi connectivity index (χ1n) is 5.85. The highest BCUT2D eigenvalue weighted by molar-refractivity contribution is 7.16. The van der Waals surface area contributed by atoms with E-state index in [9.17, 15) is 13.2 Å². The number of aromatic nitrogens is 4. The van der Waals surface area contributed by atoms with Crippen LogP contribution in [0.4, 0.5) is 18.3 Å². The summed E-state index contributed by atoms with van der Waals surface area (Å²) in [7, 11) is 0. The first kappa shape index (κ1) is 14.9. The third-order valence-electron chi connectivity index (χ3n) is 3.04. The van der Waals surface area contributed by atoms with Crippen molar-refractivity contribution in [1.29, 1.82) is 0 Å². The molecule has 1 aliphatic rings. The van der Waals surface area contributed by atoms with E-state index < -0.39 is 12.0 Å². The van der Waals surface area contributed by atoms with Gasteiger partial charge >= 0.3 is 6.18 Å². The van der Waals surface area contributed by atoms with Crippen LogP contribution in [0.1, 0.15) is 16.5 Å². The molecule has 0 fully saturated rings. The van der Waals surface area contributed by atoms with Crippen LogP contribution in [0.15, 0.2) is 0 Å². The van der Waals surface area contributed by atoms with E-state index in [1.807, 2.05) is 4.90 Å². The molecule has 0 bridgehead atoms. The summed E-state index contributed by atoms with van der Waals surface area (Å²) in [6.07, 6.45) is -4.50. The maximum absolute atomic E-state index is 12.8. The van der Waals surface area contributed by atoms with Gasteiger partial charge in [0.2, 0.25) is 5.82 Å². The largest absolute Gasteiger partial charge is 0.451 e. The van der Waals surface area contributed by atoms with E-state index in [-0.39, 0.29) is 24.8 Å². The number of hydrogen-bond donors (Lipinski definition) is 0. The minimum Gasteiger partial charge on any atom is -0.339 e. The zero-order chi connectivity index (χ0) is 15.2. The molecule has 114 valence electrons. The quantitative estimate of drug-likeness (QED) is 0.774. The van der Waals surface area contributed by atoms with Crippen molar-refractivity contribution < 1.29 is 13.2 Å². The monoisotopic (exact) mass is 357 g/mol. The molecule has 21 heavy (non-hydrogen) atoms. The normalized spacial score (nSPS) is 15.4. The van der Waals surface area contributed by atoms with E-state index in [2.05, 4.69) is 15.2 Å². The van der Waals surface area contributed by atoms with Gasteiger partial charge in [0.25, 0.3) is 0 Å². The molecule has 0 spiro atoms. The molecule has 0 radical (unpaired) electrons. The van der Waals surface area contributed by atoms with Gasteiger partial charge in [-0.1, -0.05) is 22.9 Å². The summed E-state index contributed by atoms with van der Waals surface area (Å²) in [5, 5.41) is 7.80. The lowest BCUT2D eigenvalue weighted by atomic mass is 10.3. The number of fused-ring (bicyclic) bond motifs is 1. The molecule has 2 aromatic rings. The number of hydrogen-bond acceptors (Lipinski definition) is 5. The third-order valence-corrected chi connectivity index (χ3v) is 5.00. The van der Waals surface area contributed by atoms with Crippen LogP contribution in [0.2, 0.25) is 5.15 Å². The van der Waals surface area contributed by atoms with E-state index in [1.165, 1.54) is 11.3 Å². The molecule has 2 aromatic heterocycles. The summed E-state index contributed by atoms with van der Waals surface area (Å²) in [5.41, 5.74) is 0. The molecule has 5 nitrogen and oxygen atoms in total. The average molecular weight is 358 g/mol. The van der Waals surface area contributed by atoms with Crippen molar-refractivity contribution in [1.82, 2.24) is 19.7 Å². The van der Waals surface area contributed by atoms with Crippen LogP contribution in [0.25, 0.3) is 0 Å². The fraction of sp³-hybridized carbons (Fsp3) is 0.500. The van der Waals surface area contributed by atoms with Crippen LogP contribution < -0.4 is 4.90 Å². The minimum absolute atomic E-state index is 0.143. The first-order chi connectivity index (χ1) is 9.90. The minimum atomic E-state index is -4.50. The maximum Gasteiger partial charge on any atom is 0.451 e. The lowest BCUT2D eigenvalue weighted by Gasteiger charge is -2.27. The zero-order valence-corrected chi connectivity index (χ0v) is 12.7. The fourth-order valence-electron chi connectivity index (χ4n) is 2.07. The Morgan fingerprint density at radius 2 is 2.00 bits per heavy atom. The Morgan fingerprint density at radius 3 is 2.62 bits per heavy atom. The van der Waals surface area contributed by atoms with E-state index >= 15 is 0 Å². The summed E-state index contributed by atoms with van der Waals surface area (Å²) < 4.78 is 39.3. The Balaban J connectivity index is 1.86. The predicted octanol–water partition coefficient (Wildman–Crippen LogP) is 3.17. The highest BCUT2D eigenvalue weighted by atomic mass is 35.5. The number of halogens is 5. The molecule has 0 aliphatic carbocycles. The molecule has 11 heteroatoms. The number of thiazole rings is 1. The van der Waals surface area contributed by atoms with Gasteiger partial charge in [0.15, 0.2) is 11.0 Å². The summed E-state index contributed by atoms with van der Waals surface area (Å²) in [6.45, 7) is 0.721. The van der Waals surface area contributed by atoms with Crippen LogP contribution in [0, 0.1) is 0 Å². The maximum atomic E-state index is 12.8. The van der Waals surface area contributed by atoms with Gasteiger partial charge in [-0.15, -0.1) is 21.8 Å². The van der Waals surface area contributed by atoms with Gasteiger partial charge in [0.05, 0.1) is 17.3 Å². The number of nitrogens with zero attached hydrogens (tertiary/aromatic N) is 5. The summed E-state index contributed by atoms with van der Waals surface area (Å²) in [5.74, 6) is -0.457. The van der Waals surface area contributed by atoms with Crippen molar-refractivity contribution in [2.75, 3.05) is 11.4 Å². The Bertz CT molecular complexity index is 668. The Kier molecular flexibility index (Phi) is 3.74. The van der Waals surface area contributed by atoms with Crippen molar-refractivity contribution >= 4 is 39.7 Å². The Morgan fingerprint density at radius 1 is 1.24 bits per heavy atom. The van der Waals surface area contributed by atoms with Gasteiger partial charge in [0.1, 0.15) is 5.15 Å². The van der Waals surface area contributed by atoms with Crippen LogP contribution in [-0.2, 0) is 25.1 Å². The average Bonchev–Trinajstić information content (AvgIpc) is 3.00. The Hall–Kier alpha value is -1.06. The van der Waals surface area contributed by atoms with Gasteiger partial charge in [-0.2, -0.15) is 13.2 Å². The van der Waals surface area contributed by atoms with Gasteiger partial charge in [-0.25, -0.2) is 4.98 Å². The standard InChI is InChI=1S/C10H8Cl2F3N5S/c11-3-5-7(12)16-9(21-5)19-1-2-20-6(4-19)17-18-8(20)10(13,14)15/h1-4H2. The van der Waals surface area contributed by atoms with Gasteiger partial charge in [-0.05, 0) is 0 Å². The molecule has 0 N–H and O–H groups in total. The van der Waals surface area contributed by atoms with Crippen LogP contribution >= 0.6 is 34.5 Å². The molecule has 0 saturated heterocycles.